The van der Waals surface area contributed by atoms with Crippen LogP contribution in [-0.4, -0.2) is 4.89 Å². The normalized spacial score (nSPS) is 9.22. The van der Waals surface area contributed by atoms with E-state index in [0.29, 0.717) is 0 Å². The standard InChI is InChI=1S/C6H12.HO2P/c1-3-5-6-4-2;1-3-2/h3,5H,4,6H2,1-2H3;(H,1,2). The van der Waals surface area contributed by atoms with Crippen molar-refractivity contribution in [3.8, 4) is 0 Å². The van der Waals surface area contributed by atoms with E-state index in [-0.39, 0.29) is 0 Å². The van der Waals surface area contributed by atoms with Crippen molar-refractivity contribution in [1.82, 2.24) is 0 Å². The largest absolute Gasteiger partial charge is 0.324 e. The van der Waals surface area contributed by atoms with E-state index in [1.807, 2.05) is 0 Å². The minimum Gasteiger partial charge on any atom is -0.310 e. The van der Waals surface area contributed by atoms with Crippen LogP contribution in [0.15, 0.2) is 12.2 Å². The molecule has 0 heterocycles. The summed E-state index contributed by atoms with van der Waals surface area (Å²) in [6.45, 7) is 4.23. The molecular formula is C6H13O2P. The average molecular weight is 148 g/mol. The highest BCUT2D eigenvalue weighted by molar-refractivity contribution is 7.16. The van der Waals surface area contributed by atoms with Gasteiger partial charge in [-0.25, -0.2) is 4.57 Å². The van der Waals surface area contributed by atoms with Crippen LogP contribution in [-0.2, 0) is 4.57 Å². The maximum atomic E-state index is 8.46. The highest BCUT2D eigenvalue weighted by Crippen LogP contribution is 1.85. The third-order valence-corrected chi connectivity index (χ3v) is 0.691. The second-order valence-corrected chi connectivity index (χ2v) is 1.60. The van der Waals surface area contributed by atoms with Gasteiger partial charge in [0.1, 0.15) is 0 Å². The predicted molar refractivity (Wildman–Crippen MR) is 39.5 cm³/mol. The second-order valence-electron chi connectivity index (χ2n) is 1.44. The van der Waals surface area contributed by atoms with Crippen LogP contribution in [0.1, 0.15) is 26.7 Å². The van der Waals surface area contributed by atoms with Gasteiger partial charge in [0, 0.05) is 0 Å². The SMILES string of the molecule is CC=CCCC.O=PO. The van der Waals surface area contributed by atoms with Crippen LogP contribution in [0.2, 0.25) is 0 Å². The van der Waals surface area contributed by atoms with Gasteiger partial charge in [0.2, 0.25) is 0 Å². The van der Waals surface area contributed by atoms with Crippen molar-refractivity contribution in [3.05, 3.63) is 12.2 Å². The molecule has 0 aromatic heterocycles. The number of hydrogen-bond donors (Lipinski definition) is 1. The highest BCUT2D eigenvalue weighted by atomic mass is 31.1. The average Bonchev–Trinajstić information content (AvgIpc) is 1.86. The molecule has 0 spiro atoms. The molecular weight excluding hydrogens is 135 g/mol. The molecule has 2 nitrogen and oxygen atoms in total. The smallest absolute Gasteiger partial charge is 0.310 e. The van der Waals surface area contributed by atoms with Gasteiger partial charge >= 0.3 is 8.69 Å². The third kappa shape index (κ3) is 33.5. The van der Waals surface area contributed by atoms with Gasteiger partial charge in [-0.2, -0.15) is 0 Å². The quantitative estimate of drug-likeness (QED) is 0.482. The zero-order valence-corrected chi connectivity index (χ0v) is 6.77. The summed E-state index contributed by atoms with van der Waals surface area (Å²) in [6.07, 6.45) is 6.77. The summed E-state index contributed by atoms with van der Waals surface area (Å²) in [5.41, 5.74) is 0. The van der Waals surface area contributed by atoms with E-state index in [0.717, 1.165) is 0 Å². The molecule has 0 bridgehead atoms. The maximum absolute atomic E-state index is 8.46. The lowest BCUT2D eigenvalue weighted by molar-refractivity contribution is 0.524. The maximum Gasteiger partial charge on any atom is 0.324 e. The first-order valence-corrected chi connectivity index (χ1v) is 3.67. The Balaban J connectivity index is 0. The van der Waals surface area contributed by atoms with Crippen molar-refractivity contribution < 1.29 is 9.46 Å². The molecule has 9 heavy (non-hydrogen) atoms. The van der Waals surface area contributed by atoms with Crippen molar-refractivity contribution in [1.29, 1.82) is 0 Å². The first kappa shape index (κ1) is 11.6. The van der Waals surface area contributed by atoms with Crippen LogP contribution < -0.4 is 0 Å². The zero-order chi connectivity index (χ0) is 7.54. The number of hydrogen-bond acceptors (Lipinski definition) is 1. The van der Waals surface area contributed by atoms with E-state index in [1.54, 1.807) is 0 Å². The van der Waals surface area contributed by atoms with Gasteiger partial charge in [-0.1, -0.05) is 25.5 Å². The Kier molecular flexibility index (Phi) is 20.1. The topological polar surface area (TPSA) is 37.3 Å². The van der Waals surface area contributed by atoms with Crippen LogP contribution in [0.5, 0.6) is 0 Å². The summed E-state index contributed by atoms with van der Waals surface area (Å²) in [4.78, 5) is 6.99. The summed E-state index contributed by atoms with van der Waals surface area (Å²) >= 11 is 0. The Bertz CT molecular complexity index is 71.5. The molecule has 0 radical (unpaired) electrons. The van der Waals surface area contributed by atoms with Gasteiger partial charge in [0.25, 0.3) is 0 Å². The molecule has 0 atom stereocenters. The van der Waals surface area contributed by atoms with Crippen LogP contribution in [0, 0.1) is 0 Å². The highest BCUT2D eigenvalue weighted by Gasteiger charge is 1.64. The first-order chi connectivity index (χ1) is 4.33. The Labute approximate surface area is 57.9 Å². The third-order valence-electron chi connectivity index (χ3n) is 0.691. The van der Waals surface area contributed by atoms with Gasteiger partial charge in [0.05, 0.1) is 0 Å². The Morgan fingerprint density at radius 3 is 2.22 bits per heavy atom. The summed E-state index contributed by atoms with van der Waals surface area (Å²) in [7, 11) is -0.833. The molecule has 0 aromatic rings. The van der Waals surface area contributed by atoms with E-state index in [4.69, 9.17) is 9.46 Å². The molecule has 0 rings (SSSR count). The van der Waals surface area contributed by atoms with Gasteiger partial charge in [-0.3, -0.25) is 0 Å². The minimum atomic E-state index is -0.833. The van der Waals surface area contributed by atoms with Crippen molar-refractivity contribution in [2.24, 2.45) is 0 Å². The van der Waals surface area contributed by atoms with Gasteiger partial charge in [0.15, 0.2) is 0 Å². The number of allylic oxidation sites excluding steroid dienone is 2. The molecule has 3 heteroatoms. The van der Waals surface area contributed by atoms with E-state index in [1.165, 1.54) is 12.8 Å². The fraction of sp³-hybridized carbons (Fsp3) is 0.667. The van der Waals surface area contributed by atoms with Gasteiger partial charge < -0.3 is 4.89 Å². The van der Waals surface area contributed by atoms with Crippen molar-refractivity contribution in [3.63, 3.8) is 0 Å². The summed E-state index contributed by atoms with van der Waals surface area (Å²) in [5, 5.41) is 0. The fourth-order valence-electron chi connectivity index (χ4n) is 0.333. The van der Waals surface area contributed by atoms with E-state index >= 15 is 0 Å². The van der Waals surface area contributed by atoms with E-state index in [2.05, 4.69) is 26.0 Å². The lowest BCUT2D eigenvalue weighted by atomic mass is 10.3. The van der Waals surface area contributed by atoms with Crippen molar-refractivity contribution in [2.45, 2.75) is 26.7 Å². The molecule has 0 aromatic carbocycles. The first-order valence-electron chi connectivity index (χ1n) is 2.91. The fourth-order valence-corrected chi connectivity index (χ4v) is 0.333. The molecule has 0 saturated carbocycles. The molecule has 0 unspecified atom stereocenters. The number of unbranched alkanes of at least 4 members (excludes halogenated alkanes) is 1. The monoisotopic (exact) mass is 148 g/mol. The summed E-state index contributed by atoms with van der Waals surface area (Å²) < 4.78 is 8.46. The predicted octanol–water partition coefficient (Wildman–Crippen LogP) is 2.55. The molecule has 0 aliphatic carbocycles. The molecule has 0 aliphatic rings. The minimum absolute atomic E-state index is 0.833. The van der Waals surface area contributed by atoms with E-state index in [9.17, 15) is 0 Å². The lowest BCUT2D eigenvalue weighted by Gasteiger charge is -1.76. The molecule has 0 saturated heterocycles. The van der Waals surface area contributed by atoms with Gasteiger partial charge in [-0.15, -0.1) is 0 Å². The molecule has 0 fully saturated rings. The van der Waals surface area contributed by atoms with Crippen molar-refractivity contribution >= 4 is 8.69 Å². The van der Waals surface area contributed by atoms with Crippen LogP contribution in [0.3, 0.4) is 0 Å². The van der Waals surface area contributed by atoms with Crippen LogP contribution in [0.4, 0.5) is 0 Å². The molecule has 1 N–H and O–H groups in total. The Morgan fingerprint density at radius 2 is 2.11 bits per heavy atom. The summed E-state index contributed by atoms with van der Waals surface area (Å²) in [6, 6.07) is 0. The Morgan fingerprint density at radius 1 is 1.67 bits per heavy atom. The Hall–Kier alpha value is -0.200. The number of rotatable bonds is 2. The van der Waals surface area contributed by atoms with Crippen LogP contribution in [0.25, 0.3) is 0 Å². The van der Waals surface area contributed by atoms with Crippen molar-refractivity contribution in [2.75, 3.05) is 0 Å². The van der Waals surface area contributed by atoms with Gasteiger partial charge in [-0.05, 0) is 13.3 Å². The second kappa shape index (κ2) is 15.7. The lowest BCUT2D eigenvalue weighted by Crippen LogP contribution is -1.55. The summed E-state index contributed by atoms with van der Waals surface area (Å²) in [5.74, 6) is 0. The molecule has 0 amide bonds. The molecule has 0 aliphatic heterocycles. The van der Waals surface area contributed by atoms with E-state index < -0.39 is 8.69 Å². The molecule has 54 valence electrons. The van der Waals surface area contributed by atoms with Crippen LogP contribution >= 0.6 is 8.69 Å². The zero-order valence-electron chi connectivity index (χ0n) is 5.87.